The van der Waals surface area contributed by atoms with Gasteiger partial charge >= 0.3 is 0 Å². The predicted molar refractivity (Wildman–Crippen MR) is 141 cm³/mol. The van der Waals surface area contributed by atoms with Crippen molar-refractivity contribution in [2.75, 3.05) is 38.0 Å². The number of likely N-dealkylation sites (tertiary alicyclic amines) is 1. The molecule has 0 aromatic heterocycles. The van der Waals surface area contributed by atoms with Gasteiger partial charge in [0, 0.05) is 28.7 Å². The number of nitrogens with one attached hydrogen (secondary N) is 2. The van der Waals surface area contributed by atoms with Crippen LogP contribution in [-0.2, 0) is 0 Å². The van der Waals surface area contributed by atoms with Crippen LogP contribution < -0.4 is 10.6 Å². The Bertz CT molecular complexity index is 1050. The average molecular weight is 605 g/mol. The molecule has 0 bridgehead atoms. The highest BCUT2D eigenvalue weighted by Gasteiger charge is 2.48. The van der Waals surface area contributed by atoms with E-state index < -0.39 is 34.6 Å². The fourth-order valence-electron chi connectivity index (χ4n) is 4.34. The van der Waals surface area contributed by atoms with Gasteiger partial charge in [-0.25, -0.2) is 13.2 Å². The van der Waals surface area contributed by atoms with Crippen molar-refractivity contribution >= 4 is 39.9 Å². The SMILES string of the molecule is CC(C)N(CCNCC1([OH2+])CN(C(=O)c2ccc(F)c(F)c2Nc2ccc(I)cc2F)C1)C(C)C. The topological polar surface area (TPSA) is 70.5 Å². The van der Waals surface area contributed by atoms with Gasteiger partial charge in [0.2, 0.25) is 5.60 Å². The molecule has 35 heavy (non-hydrogen) atoms. The molecular weight excluding hydrogens is 572 g/mol. The van der Waals surface area contributed by atoms with Crippen LogP contribution in [0.3, 0.4) is 0 Å². The number of benzene rings is 2. The predicted octanol–water partition coefficient (Wildman–Crippen LogP) is 4.08. The first-order valence-electron chi connectivity index (χ1n) is 11.6. The lowest BCUT2D eigenvalue weighted by Crippen LogP contribution is -2.67. The molecule has 0 atom stereocenters. The van der Waals surface area contributed by atoms with Crippen LogP contribution in [0, 0.1) is 21.0 Å². The minimum absolute atomic E-state index is 0.0662. The Morgan fingerprint density at radius 3 is 2.37 bits per heavy atom. The first kappa shape index (κ1) is 27.7. The van der Waals surface area contributed by atoms with Crippen molar-refractivity contribution in [2.45, 2.75) is 45.4 Å². The van der Waals surface area contributed by atoms with E-state index in [2.05, 4.69) is 43.2 Å². The van der Waals surface area contributed by atoms with E-state index in [0.717, 1.165) is 19.2 Å². The summed E-state index contributed by atoms with van der Waals surface area (Å²) < 4.78 is 43.6. The third kappa shape index (κ3) is 6.66. The first-order valence-corrected chi connectivity index (χ1v) is 12.7. The standard InChI is InChI=1S/C25H32F3IN4O2/c1-15(2)33(16(3)4)10-9-30-12-25(35)13-32(14-25)24(34)18-6-7-19(26)22(28)23(18)31-21-8-5-17(29)11-20(21)27/h5-8,11,15-16,30-31,35H,9-10,12-14H2,1-4H3/p+1. The van der Waals surface area contributed by atoms with Gasteiger partial charge in [-0.1, -0.05) is 0 Å². The molecule has 1 heterocycles. The van der Waals surface area contributed by atoms with Crippen molar-refractivity contribution in [3.63, 3.8) is 0 Å². The molecule has 1 amide bonds. The van der Waals surface area contributed by atoms with Crippen LogP contribution in [-0.4, -0.2) is 71.2 Å². The lowest BCUT2D eigenvalue weighted by Gasteiger charge is -2.43. The number of nitrogens with zero attached hydrogens (tertiary/aromatic N) is 2. The Labute approximate surface area is 218 Å². The molecule has 1 fully saturated rings. The second-order valence-corrected chi connectivity index (χ2v) is 10.8. The summed E-state index contributed by atoms with van der Waals surface area (Å²) in [6.45, 7) is 10.9. The van der Waals surface area contributed by atoms with Crippen LogP contribution in [0.2, 0.25) is 0 Å². The zero-order valence-corrected chi connectivity index (χ0v) is 22.5. The van der Waals surface area contributed by atoms with E-state index in [1.165, 1.54) is 23.1 Å². The van der Waals surface area contributed by atoms with Gasteiger partial charge in [0.1, 0.15) is 5.82 Å². The molecule has 0 radical (unpaired) electrons. The maximum Gasteiger partial charge on any atom is 0.256 e. The van der Waals surface area contributed by atoms with E-state index in [1.54, 1.807) is 6.07 Å². The first-order chi connectivity index (χ1) is 16.4. The molecule has 1 saturated heterocycles. The third-order valence-electron chi connectivity index (χ3n) is 6.13. The summed E-state index contributed by atoms with van der Waals surface area (Å²) in [6.07, 6.45) is 0. The van der Waals surface area contributed by atoms with Gasteiger partial charge in [-0.2, -0.15) is 0 Å². The van der Waals surface area contributed by atoms with Gasteiger partial charge in [-0.05, 0) is 80.6 Å². The van der Waals surface area contributed by atoms with Gasteiger partial charge in [0.15, 0.2) is 11.6 Å². The number of carbonyl (C=O) groups excluding carboxylic acids is 1. The summed E-state index contributed by atoms with van der Waals surface area (Å²) in [4.78, 5) is 16.9. The zero-order chi connectivity index (χ0) is 25.9. The lowest BCUT2D eigenvalue weighted by molar-refractivity contribution is -0.0786. The van der Waals surface area contributed by atoms with Crippen molar-refractivity contribution in [3.05, 3.63) is 56.9 Å². The highest BCUT2D eigenvalue weighted by atomic mass is 127. The van der Waals surface area contributed by atoms with Crippen LogP contribution in [0.5, 0.6) is 0 Å². The number of rotatable bonds is 10. The van der Waals surface area contributed by atoms with Crippen LogP contribution in [0.4, 0.5) is 24.5 Å². The maximum absolute atomic E-state index is 14.7. The normalized spacial score (nSPS) is 15.1. The van der Waals surface area contributed by atoms with Crippen molar-refractivity contribution in [2.24, 2.45) is 0 Å². The van der Waals surface area contributed by atoms with Crippen LogP contribution in [0.1, 0.15) is 38.1 Å². The van der Waals surface area contributed by atoms with E-state index in [9.17, 15) is 18.0 Å². The fraction of sp³-hybridized carbons (Fsp3) is 0.480. The van der Waals surface area contributed by atoms with E-state index >= 15 is 0 Å². The second-order valence-electron chi connectivity index (χ2n) is 9.58. The molecule has 10 heteroatoms. The average Bonchev–Trinajstić information content (AvgIpc) is 2.75. The Balaban J connectivity index is 1.64. The minimum atomic E-state index is -1.26. The van der Waals surface area contributed by atoms with Crippen molar-refractivity contribution in [3.8, 4) is 0 Å². The highest BCUT2D eigenvalue weighted by Crippen LogP contribution is 2.31. The lowest BCUT2D eigenvalue weighted by atomic mass is 9.92. The summed E-state index contributed by atoms with van der Waals surface area (Å²) in [7, 11) is 0. The van der Waals surface area contributed by atoms with Gasteiger partial charge in [-0.3, -0.25) is 9.69 Å². The van der Waals surface area contributed by atoms with E-state index in [-0.39, 0.29) is 24.3 Å². The smallest absolute Gasteiger partial charge is 0.256 e. The molecular formula is C25H33F3IN4O2+. The summed E-state index contributed by atoms with van der Waals surface area (Å²) in [5.74, 6) is -3.58. The van der Waals surface area contributed by atoms with Gasteiger partial charge < -0.3 is 20.6 Å². The molecule has 0 unspecified atom stereocenters. The molecule has 2 aromatic carbocycles. The highest BCUT2D eigenvalue weighted by molar-refractivity contribution is 14.1. The van der Waals surface area contributed by atoms with Crippen molar-refractivity contribution < 1.29 is 23.1 Å². The number of carbonyl (C=O) groups is 1. The molecule has 0 saturated carbocycles. The van der Waals surface area contributed by atoms with Crippen LogP contribution in [0.25, 0.3) is 0 Å². The molecule has 1 aliphatic heterocycles. The fourth-order valence-corrected chi connectivity index (χ4v) is 4.79. The molecule has 3 rings (SSSR count). The number of hydrogen-bond donors (Lipinski definition) is 2. The minimum Gasteiger partial charge on any atom is -0.437 e. The molecule has 0 aliphatic carbocycles. The summed E-state index contributed by atoms with van der Waals surface area (Å²) in [6, 6.07) is 7.17. The van der Waals surface area contributed by atoms with E-state index in [1.807, 2.05) is 22.6 Å². The Kier molecular flexibility index (Phi) is 9.06. The van der Waals surface area contributed by atoms with Crippen LogP contribution in [0.15, 0.2) is 30.3 Å². The monoisotopic (exact) mass is 605 g/mol. The van der Waals surface area contributed by atoms with E-state index in [4.69, 9.17) is 5.11 Å². The summed E-state index contributed by atoms with van der Waals surface area (Å²) >= 11 is 1.94. The molecule has 192 valence electrons. The van der Waals surface area contributed by atoms with Gasteiger partial charge in [-0.15, -0.1) is 0 Å². The van der Waals surface area contributed by atoms with Gasteiger partial charge in [0.05, 0.1) is 36.6 Å². The number of hydrogen-bond acceptors (Lipinski definition) is 4. The second kappa shape index (κ2) is 11.4. The Morgan fingerprint density at radius 2 is 1.77 bits per heavy atom. The molecule has 0 spiro atoms. The Morgan fingerprint density at radius 1 is 1.11 bits per heavy atom. The molecule has 6 nitrogen and oxygen atoms in total. The zero-order valence-electron chi connectivity index (χ0n) is 20.4. The van der Waals surface area contributed by atoms with Crippen molar-refractivity contribution in [1.29, 1.82) is 0 Å². The summed E-state index contributed by atoms with van der Waals surface area (Å²) in [5, 5.41) is 14.4. The largest absolute Gasteiger partial charge is 0.437 e. The van der Waals surface area contributed by atoms with Crippen LogP contribution >= 0.6 is 22.6 Å². The number of halogens is 4. The number of anilines is 2. The molecule has 1 aliphatic rings. The van der Waals surface area contributed by atoms with Gasteiger partial charge in [0.25, 0.3) is 5.91 Å². The summed E-state index contributed by atoms with van der Waals surface area (Å²) in [5.41, 5.74) is -1.45. The maximum atomic E-state index is 14.7. The third-order valence-corrected chi connectivity index (χ3v) is 6.80. The van der Waals surface area contributed by atoms with Crippen molar-refractivity contribution in [1.82, 2.24) is 15.1 Å². The number of amides is 1. The quantitative estimate of drug-likeness (QED) is 0.244. The Hall–Kier alpha value is -1.89. The van der Waals surface area contributed by atoms with E-state index in [0.29, 0.717) is 22.2 Å². The molecule has 2 aromatic rings. The molecule has 4 N–H and O–H groups in total.